The summed E-state index contributed by atoms with van der Waals surface area (Å²) in [6.45, 7) is 1.85. The average molecular weight is 256 g/mol. The van der Waals surface area contributed by atoms with Crippen LogP contribution in [0.2, 0.25) is 0 Å². The summed E-state index contributed by atoms with van der Waals surface area (Å²) in [6, 6.07) is -1.07. The van der Waals surface area contributed by atoms with Crippen LogP contribution in [-0.4, -0.2) is 44.1 Å². The van der Waals surface area contributed by atoms with Gasteiger partial charge < -0.3 is 5.11 Å². The lowest BCUT2D eigenvalue weighted by Crippen LogP contribution is -2.46. The van der Waals surface area contributed by atoms with Crippen LogP contribution >= 0.6 is 11.8 Å². The second-order valence-electron chi connectivity index (χ2n) is 2.79. The topological polar surface area (TPSA) is 95.5 Å². The maximum atomic E-state index is 11.2. The van der Waals surface area contributed by atoms with Crippen molar-refractivity contribution in [3.63, 3.8) is 0 Å². The van der Waals surface area contributed by atoms with Gasteiger partial charge in [0.15, 0.2) is 0 Å². The maximum Gasteiger partial charge on any atom is 0.321 e. The fourth-order valence-corrected chi connectivity index (χ4v) is 2.42. The fourth-order valence-electron chi connectivity index (χ4n) is 0.887. The minimum absolute atomic E-state index is 0.226. The Balaban J connectivity index is 4.34. The van der Waals surface area contributed by atoms with Gasteiger partial charge >= 0.3 is 5.97 Å². The van der Waals surface area contributed by atoms with E-state index in [0.29, 0.717) is 5.75 Å². The lowest BCUT2D eigenvalue weighted by molar-refractivity contribution is -0.139. The van der Waals surface area contributed by atoms with Crippen LogP contribution in [0.1, 0.15) is 13.3 Å². The Morgan fingerprint density at radius 1 is 1.53 bits per heavy atom. The van der Waals surface area contributed by atoms with E-state index in [4.69, 9.17) is 5.11 Å². The average Bonchev–Trinajstić information content (AvgIpc) is 2.11. The molecular weight excluding hydrogens is 240 g/mol. The number of rotatable bonds is 8. The van der Waals surface area contributed by atoms with Crippen molar-refractivity contribution >= 4 is 27.9 Å². The van der Waals surface area contributed by atoms with Crippen molar-refractivity contribution in [3.05, 3.63) is 0 Å². The van der Waals surface area contributed by atoms with Gasteiger partial charge in [0.1, 0.15) is 6.04 Å². The molecule has 0 fully saturated rings. The molecule has 0 aromatic heterocycles. The molecule has 6 nitrogen and oxygen atoms in total. The number of hydrogen-bond donors (Lipinski definition) is 3. The van der Waals surface area contributed by atoms with Crippen molar-refractivity contribution in [1.82, 2.24) is 9.44 Å². The van der Waals surface area contributed by atoms with Crippen molar-refractivity contribution in [2.75, 3.05) is 18.6 Å². The molecule has 0 aliphatic carbocycles. The molecule has 0 bridgehead atoms. The summed E-state index contributed by atoms with van der Waals surface area (Å²) < 4.78 is 26.7. The van der Waals surface area contributed by atoms with Gasteiger partial charge in [-0.15, -0.1) is 0 Å². The predicted molar refractivity (Wildman–Crippen MR) is 60.2 cm³/mol. The summed E-state index contributed by atoms with van der Waals surface area (Å²) in [5.41, 5.74) is 0. The number of carboxylic acid groups (broad SMARTS) is 1. The van der Waals surface area contributed by atoms with E-state index >= 15 is 0 Å². The molecule has 0 saturated heterocycles. The molecule has 0 aliphatic rings. The lowest BCUT2D eigenvalue weighted by Gasteiger charge is -2.13. The van der Waals surface area contributed by atoms with Crippen molar-refractivity contribution in [3.8, 4) is 0 Å². The first-order valence-corrected chi connectivity index (χ1v) is 7.29. The van der Waals surface area contributed by atoms with E-state index in [1.165, 1.54) is 11.8 Å². The van der Waals surface area contributed by atoms with Gasteiger partial charge in [0.2, 0.25) is 0 Å². The Hall–Kier alpha value is -0.310. The van der Waals surface area contributed by atoms with Crippen molar-refractivity contribution < 1.29 is 18.3 Å². The Labute approximate surface area is 94.0 Å². The third-order valence-electron chi connectivity index (χ3n) is 1.54. The molecule has 0 aromatic rings. The van der Waals surface area contributed by atoms with E-state index in [0.717, 1.165) is 0 Å². The summed E-state index contributed by atoms with van der Waals surface area (Å²) >= 11 is 1.47. The molecule has 0 spiro atoms. The van der Waals surface area contributed by atoms with Gasteiger partial charge in [-0.1, -0.05) is 6.92 Å². The zero-order valence-corrected chi connectivity index (χ0v) is 10.3. The van der Waals surface area contributed by atoms with Crippen LogP contribution in [0.5, 0.6) is 0 Å². The van der Waals surface area contributed by atoms with Gasteiger partial charge in [0.05, 0.1) is 0 Å². The molecule has 0 heterocycles. The largest absolute Gasteiger partial charge is 0.480 e. The highest BCUT2D eigenvalue weighted by molar-refractivity contribution is 7.98. The van der Waals surface area contributed by atoms with Crippen molar-refractivity contribution in [2.45, 2.75) is 19.4 Å². The molecule has 3 N–H and O–H groups in total. The monoisotopic (exact) mass is 256 g/mol. The van der Waals surface area contributed by atoms with E-state index in [1.807, 2.05) is 6.26 Å². The summed E-state index contributed by atoms with van der Waals surface area (Å²) in [5.74, 6) is -0.573. The van der Waals surface area contributed by atoms with Gasteiger partial charge in [-0.3, -0.25) is 4.79 Å². The van der Waals surface area contributed by atoms with Crippen LogP contribution < -0.4 is 9.44 Å². The summed E-state index contributed by atoms with van der Waals surface area (Å²) in [4.78, 5) is 10.7. The molecule has 15 heavy (non-hydrogen) atoms. The van der Waals surface area contributed by atoms with Crippen LogP contribution in [0.15, 0.2) is 0 Å². The molecule has 0 aromatic carbocycles. The quantitative estimate of drug-likeness (QED) is 0.551. The zero-order chi connectivity index (χ0) is 11.9. The van der Waals surface area contributed by atoms with E-state index in [2.05, 4.69) is 9.44 Å². The second-order valence-corrected chi connectivity index (χ2v) is 5.31. The summed E-state index contributed by atoms with van der Waals surface area (Å²) in [7, 11) is -3.70. The first kappa shape index (κ1) is 14.7. The minimum Gasteiger partial charge on any atom is -0.480 e. The highest BCUT2D eigenvalue weighted by atomic mass is 32.2. The molecule has 1 atom stereocenters. The number of nitrogens with one attached hydrogen (secondary N) is 2. The highest BCUT2D eigenvalue weighted by Crippen LogP contribution is 2.01. The molecule has 8 heteroatoms. The molecule has 0 radical (unpaired) electrons. The number of carboxylic acids is 1. The maximum absolute atomic E-state index is 11.2. The molecule has 90 valence electrons. The summed E-state index contributed by atoms with van der Waals surface area (Å²) in [5, 5.41) is 8.77. The first-order valence-electron chi connectivity index (χ1n) is 4.41. The van der Waals surface area contributed by atoms with E-state index in [9.17, 15) is 13.2 Å². The number of hydrogen-bond acceptors (Lipinski definition) is 4. The molecule has 0 aliphatic heterocycles. The Bertz CT molecular complexity index is 291. The van der Waals surface area contributed by atoms with Crippen LogP contribution in [-0.2, 0) is 15.0 Å². The molecule has 1 unspecified atom stereocenters. The normalized spacial score (nSPS) is 13.7. The minimum atomic E-state index is -3.70. The van der Waals surface area contributed by atoms with Crippen molar-refractivity contribution in [1.29, 1.82) is 0 Å². The van der Waals surface area contributed by atoms with Gasteiger partial charge in [0, 0.05) is 6.54 Å². The molecular formula is C7H16N2O4S2. The van der Waals surface area contributed by atoms with Crippen LogP contribution in [0.4, 0.5) is 0 Å². The zero-order valence-electron chi connectivity index (χ0n) is 8.69. The fraction of sp³-hybridized carbons (Fsp3) is 0.857. The second kappa shape index (κ2) is 7.04. The van der Waals surface area contributed by atoms with Gasteiger partial charge in [-0.2, -0.15) is 24.9 Å². The molecule has 0 saturated carbocycles. The van der Waals surface area contributed by atoms with E-state index < -0.39 is 22.2 Å². The standard InChI is InChI=1S/C7H16N2O4S2/c1-3-8-15(12,13)9-6(7(10)11)4-5-14-2/h6,8-9H,3-5H2,1-2H3,(H,10,11). The van der Waals surface area contributed by atoms with E-state index in [-0.39, 0.29) is 13.0 Å². The van der Waals surface area contributed by atoms with Gasteiger partial charge in [0.25, 0.3) is 10.2 Å². The van der Waals surface area contributed by atoms with Gasteiger partial charge in [-0.05, 0) is 18.4 Å². The smallest absolute Gasteiger partial charge is 0.321 e. The van der Waals surface area contributed by atoms with Crippen LogP contribution in [0.3, 0.4) is 0 Å². The molecule has 0 rings (SSSR count). The summed E-state index contributed by atoms with van der Waals surface area (Å²) in [6.07, 6.45) is 2.10. The van der Waals surface area contributed by atoms with Crippen molar-refractivity contribution in [2.24, 2.45) is 0 Å². The molecule has 0 amide bonds. The third-order valence-corrected chi connectivity index (χ3v) is 3.45. The number of carbonyl (C=O) groups is 1. The SMILES string of the molecule is CCNS(=O)(=O)NC(CCSC)C(=O)O. The van der Waals surface area contributed by atoms with Gasteiger partial charge in [-0.25, -0.2) is 4.72 Å². The lowest BCUT2D eigenvalue weighted by atomic mass is 10.2. The predicted octanol–water partition coefficient (Wildman–Crippen LogP) is -0.363. The van der Waals surface area contributed by atoms with Crippen LogP contribution in [0.25, 0.3) is 0 Å². The van der Waals surface area contributed by atoms with Crippen LogP contribution in [0, 0.1) is 0 Å². The number of thioether (sulfide) groups is 1. The van der Waals surface area contributed by atoms with E-state index in [1.54, 1.807) is 6.92 Å². The number of aliphatic carboxylic acids is 1. The third kappa shape index (κ3) is 6.72. The Morgan fingerprint density at radius 3 is 2.53 bits per heavy atom. The first-order chi connectivity index (χ1) is 6.93. The Morgan fingerprint density at radius 2 is 2.13 bits per heavy atom. The Kier molecular flexibility index (Phi) is 6.90. The highest BCUT2D eigenvalue weighted by Gasteiger charge is 2.22.